The van der Waals surface area contributed by atoms with Crippen molar-refractivity contribution in [3.05, 3.63) is 75.5 Å². The zero-order valence-electron chi connectivity index (χ0n) is 15.7. The van der Waals surface area contributed by atoms with Gasteiger partial charge in [0.1, 0.15) is 11.9 Å². The number of hydrogen-bond donors (Lipinski definition) is 2. The fourth-order valence-electron chi connectivity index (χ4n) is 3.78. The zero-order chi connectivity index (χ0) is 20.9. The van der Waals surface area contributed by atoms with Crippen molar-refractivity contribution in [1.29, 1.82) is 0 Å². The van der Waals surface area contributed by atoms with Crippen LogP contribution in [0.1, 0.15) is 24.1 Å². The van der Waals surface area contributed by atoms with E-state index in [2.05, 4.69) is 10.3 Å². The van der Waals surface area contributed by atoms with E-state index in [0.717, 1.165) is 11.6 Å². The highest BCUT2D eigenvalue weighted by Crippen LogP contribution is 2.31. The summed E-state index contributed by atoms with van der Waals surface area (Å²) in [5.74, 6) is -2.94. The van der Waals surface area contributed by atoms with Gasteiger partial charge in [0.05, 0.1) is 11.4 Å². The number of nitrogens with zero attached hydrogens (tertiary/aromatic N) is 1. The Bertz CT molecular complexity index is 1190. The molecule has 0 radical (unpaired) electrons. The molecule has 3 aromatic rings. The zero-order valence-corrected chi connectivity index (χ0v) is 15.7. The number of aromatic nitrogens is 1. The number of H-pyrrole nitrogens is 1. The number of likely N-dealkylation sites (N-methyl/N-ethyl adjacent to an activating group) is 1. The molecule has 2 atom stereocenters. The molecule has 0 aliphatic carbocycles. The second-order valence-corrected chi connectivity index (χ2v) is 7.18. The van der Waals surface area contributed by atoms with E-state index in [1.54, 1.807) is 20.0 Å². The van der Waals surface area contributed by atoms with Crippen LogP contribution >= 0.6 is 0 Å². The monoisotopic (exact) mass is 401 g/mol. The number of amides is 1. The van der Waals surface area contributed by atoms with E-state index in [0.29, 0.717) is 17.7 Å². The highest BCUT2D eigenvalue weighted by Gasteiger charge is 2.32. The first-order valence-corrected chi connectivity index (χ1v) is 9.09. The maximum atomic E-state index is 14.2. The first-order valence-electron chi connectivity index (χ1n) is 9.09. The number of carbonyl (C=O) groups is 1. The Labute approximate surface area is 164 Å². The summed E-state index contributed by atoms with van der Waals surface area (Å²) in [6.45, 7) is 1.73. The van der Waals surface area contributed by atoms with Crippen molar-refractivity contribution in [3.63, 3.8) is 0 Å². The van der Waals surface area contributed by atoms with Gasteiger partial charge < -0.3 is 15.2 Å². The van der Waals surface area contributed by atoms with Crippen LogP contribution in [0.3, 0.4) is 0 Å². The van der Waals surface area contributed by atoms with E-state index >= 15 is 0 Å². The molecule has 5 nitrogen and oxygen atoms in total. The maximum Gasteiger partial charge on any atom is 0.258 e. The average molecular weight is 401 g/mol. The highest BCUT2D eigenvalue weighted by atomic mass is 19.2. The molecule has 0 spiro atoms. The van der Waals surface area contributed by atoms with Gasteiger partial charge in [-0.05, 0) is 47.7 Å². The number of rotatable bonds is 3. The third-order valence-corrected chi connectivity index (χ3v) is 5.49. The summed E-state index contributed by atoms with van der Waals surface area (Å²) in [6.07, 6.45) is 1.75. The molecule has 0 fully saturated rings. The van der Waals surface area contributed by atoms with E-state index in [9.17, 15) is 22.8 Å². The van der Waals surface area contributed by atoms with E-state index in [4.69, 9.17) is 0 Å². The van der Waals surface area contributed by atoms with Crippen molar-refractivity contribution in [2.75, 3.05) is 12.4 Å². The van der Waals surface area contributed by atoms with Crippen molar-refractivity contribution in [1.82, 2.24) is 9.88 Å². The molecule has 1 aromatic heterocycles. The molecule has 1 aliphatic rings. The summed E-state index contributed by atoms with van der Waals surface area (Å²) in [6, 6.07) is 5.50. The number of nitrogens with one attached hydrogen (secondary N) is 2. The van der Waals surface area contributed by atoms with Gasteiger partial charge in [0, 0.05) is 25.4 Å². The summed E-state index contributed by atoms with van der Waals surface area (Å²) >= 11 is 0. The standard InChI is InChI=1S/C21H18F3N3O2/c1-10(14-9-25-20(28)18-13(14)4-5-15(23)19(18)24)27(2)21(29)17-8-11-7-12(22)3-6-16(11)26-17/h3-7,9-10,17,26H,8H2,1-2H3,(H,25,28). The van der Waals surface area contributed by atoms with Crippen LogP contribution in [0.25, 0.3) is 10.8 Å². The van der Waals surface area contributed by atoms with Gasteiger partial charge >= 0.3 is 0 Å². The van der Waals surface area contributed by atoms with Gasteiger partial charge in [-0.25, -0.2) is 13.2 Å². The topological polar surface area (TPSA) is 65.2 Å². The smallest absolute Gasteiger partial charge is 0.258 e. The molecule has 0 bridgehead atoms. The maximum absolute atomic E-state index is 14.2. The predicted molar refractivity (Wildman–Crippen MR) is 103 cm³/mol. The summed E-state index contributed by atoms with van der Waals surface area (Å²) < 4.78 is 41.2. The fourth-order valence-corrected chi connectivity index (χ4v) is 3.78. The van der Waals surface area contributed by atoms with Crippen LogP contribution in [0.4, 0.5) is 18.9 Å². The van der Waals surface area contributed by atoms with Crippen LogP contribution in [0.15, 0.2) is 41.3 Å². The summed E-state index contributed by atoms with van der Waals surface area (Å²) in [7, 11) is 1.59. The molecule has 1 amide bonds. The van der Waals surface area contributed by atoms with E-state index in [-0.39, 0.29) is 22.5 Å². The number of fused-ring (bicyclic) bond motifs is 2. The van der Waals surface area contributed by atoms with Gasteiger partial charge in [0.25, 0.3) is 5.56 Å². The third-order valence-electron chi connectivity index (χ3n) is 5.49. The molecule has 4 rings (SSSR count). The van der Waals surface area contributed by atoms with Gasteiger partial charge in [-0.15, -0.1) is 0 Å². The molecule has 29 heavy (non-hydrogen) atoms. The Morgan fingerprint density at radius 1 is 1.21 bits per heavy atom. The van der Waals surface area contributed by atoms with Crippen LogP contribution in [0, 0.1) is 17.5 Å². The van der Waals surface area contributed by atoms with Crippen LogP contribution in [-0.4, -0.2) is 28.9 Å². The van der Waals surface area contributed by atoms with E-state index < -0.39 is 29.3 Å². The van der Waals surface area contributed by atoms with Gasteiger partial charge in [-0.2, -0.15) is 0 Å². The Balaban J connectivity index is 1.64. The minimum absolute atomic E-state index is 0.240. The van der Waals surface area contributed by atoms with Gasteiger partial charge in [-0.3, -0.25) is 9.59 Å². The lowest BCUT2D eigenvalue weighted by Gasteiger charge is -2.28. The van der Waals surface area contributed by atoms with Gasteiger partial charge in [0.2, 0.25) is 5.91 Å². The Hall–Kier alpha value is -3.29. The molecule has 1 aliphatic heterocycles. The van der Waals surface area contributed by atoms with Gasteiger partial charge in [-0.1, -0.05) is 6.07 Å². The molecular formula is C21H18F3N3O2. The Morgan fingerprint density at radius 3 is 2.72 bits per heavy atom. The molecule has 2 aromatic carbocycles. The second kappa shape index (κ2) is 6.95. The predicted octanol–water partition coefficient (Wildman–Crippen LogP) is 3.50. The van der Waals surface area contributed by atoms with Crippen molar-refractivity contribution in [3.8, 4) is 0 Å². The molecule has 2 N–H and O–H groups in total. The molecule has 8 heteroatoms. The molecule has 2 heterocycles. The minimum atomic E-state index is -1.22. The molecule has 0 saturated heterocycles. The Morgan fingerprint density at radius 2 is 1.97 bits per heavy atom. The largest absolute Gasteiger partial charge is 0.373 e. The number of halogens is 3. The molecule has 150 valence electrons. The first kappa shape index (κ1) is 19.0. The number of pyridine rings is 1. The van der Waals surface area contributed by atoms with Crippen LogP contribution in [-0.2, 0) is 11.2 Å². The van der Waals surface area contributed by atoms with Crippen molar-refractivity contribution < 1.29 is 18.0 Å². The minimum Gasteiger partial charge on any atom is -0.373 e. The summed E-state index contributed by atoms with van der Waals surface area (Å²) in [5, 5.41) is 2.95. The highest BCUT2D eigenvalue weighted by molar-refractivity contribution is 5.89. The summed E-state index contributed by atoms with van der Waals surface area (Å²) in [4.78, 5) is 28.9. The fraction of sp³-hybridized carbons (Fsp3) is 0.238. The van der Waals surface area contributed by atoms with Gasteiger partial charge in [0.15, 0.2) is 11.6 Å². The van der Waals surface area contributed by atoms with Crippen LogP contribution in [0.5, 0.6) is 0 Å². The van der Waals surface area contributed by atoms with Crippen molar-refractivity contribution in [2.24, 2.45) is 0 Å². The van der Waals surface area contributed by atoms with Crippen LogP contribution < -0.4 is 10.9 Å². The quantitative estimate of drug-likeness (QED) is 0.706. The molecular weight excluding hydrogens is 383 g/mol. The number of anilines is 1. The lowest BCUT2D eigenvalue weighted by Crippen LogP contribution is -2.41. The third kappa shape index (κ3) is 3.14. The number of hydrogen-bond acceptors (Lipinski definition) is 3. The first-order chi connectivity index (χ1) is 13.8. The average Bonchev–Trinajstić information content (AvgIpc) is 3.12. The Kier molecular flexibility index (Phi) is 4.56. The lowest BCUT2D eigenvalue weighted by atomic mass is 10.0. The van der Waals surface area contributed by atoms with E-state index in [1.165, 1.54) is 29.3 Å². The molecule has 2 unspecified atom stereocenters. The van der Waals surface area contributed by atoms with Crippen molar-refractivity contribution >= 4 is 22.4 Å². The number of carbonyl (C=O) groups excluding carboxylic acids is 1. The molecule has 0 saturated carbocycles. The number of aromatic amines is 1. The lowest BCUT2D eigenvalue weighted by molar-refractivity contribution is -0.132. The van der Waals surface area contributed by atoms with Crippen LogP contribution in [0.2, 0.25) is 0 Å². The number of benzene rings is 2. The summed E-state index contributed by atoms with van der Waals surface area (Å²) in [5.41, 5.74) is 1.17. The SMILES string of the molecule is CC(c1c[nH]c(=O)c2c(F)c(F)ccc12)N(C)C(=O)C1Cc2cc(F)ccc2N1. The second-order valence-electron chi connectivity index (χ2n) is 7.18. The van der Waals surface area contributed by atoms with E-state index in [1.807, 2.05) is 0 Å². The normalized spacial score (nSPS) is 16.4. The van der Waals surface area contributed by atoms with Crippen molar-refractivity contribution in [2.45, 2.75) is 25.4 Å².